The van der Waals surface area contributed by atoms with Gasteiger partial charge in [0.2, 0.25) is 5.71 Å². The van der Waals surface area contributed by atoms with Gasteiger partial charge in [0.1, 0.15) is 5.58 Å². The summed E-state index contributed by atoms with van der Waals surface area (Å²) in [6, 6.07) is 10.9. The van der Waals surface area contributed by atoms with Crippen molar-refractivity contribution in [2.24, 2.45) is 5.41 Å². The average molecular weight is 335 g/mol. The second-order valence-corrected chi connectivity index (χ2v) is 7.13. The molecule has 0 saturated heterocycles. The molecule has 3 nitrogen and oxygen atoms in total. The van der Waals surface area contributed by atoms with Gasteiger partial charge in [0.05, 0.1) is 5.69 Å². The van der Waals surface area contributed by atoms with Crippen LogP contribution in [0.5, 0.6) is 0 Å². The van der Waals surface area contributed by atoms with E-state index in [4.69, 9.17) is 11.3 Å². The van der Waals surface area contributed by atoms with E-state index in [9.17, 15) is 0 Å². The SMILES string of the molecule is [2H]C([2H])([2H])c1cnc(-c2cccc3c2oc2ncccc23)cc1C([2H])([2H])C(C)(C)C. The molecule has 4 rings (SSSR count). The first-order valence-corrected chi connectivity index (χ1v) is 8.19. The number of rotatable bonds is 2. The molecule has 25 heavy (non-hydrogen) atoms. The lowest BCUT2D eigenvalue weighted by atomic mass is 9.86. The van der Waals surface area contributed by atoms with Crippen molar-refractivity contribution in [2.45, 2.75) is 34.0 Å². The maximum absolute atomic E-state index is 8.70. The predicted molar refractivity (Wildman–Crippen MR) is 103 cm³/mol. The molecule has 0 atom stereocenters. The average Bonchev–Trinajstić information content (AvgIpc) is 3.04. The number of hydrogen-bond donors (Lipinski definition) is 0. The zero-order chi connectivity index (χ0) is 21.9. The normalized spacial score (nSPS) is 16.2. The maximum Gasteiger partial charge on any atom is 0.227 e. The van der Waals surface area contributed by atoms with Gasteiger partial charge >= 0.3 is 0 Å². The lowest BCUT2D eigenvalue weighted by Crippen LogP contribution is -2.10. The van der Waals surface area contributed by atoms with Crippen LogP contribution in [0.15, 0.2) is 53.2 Å². The van der Waals surface area contributed by atoms with Gasteiger partial charge in [0.25, 0.3) is 0 Å². The Hall–Kier alpha value is -2.68. The third-order valence-electron chi connectivity index (χ3n) is 3.96. The second kappa shape index (κ2) is 5.69. The number of fused-ring (bicyclic) bond motifs is 3. The highest BCUT2D eigenvalue weighted by Crippen LogP contribution is 2.35. The standard InChI is InChI=1S/C22H22N2O/c1-14-13-24-19(11-15(14)12-22(2,3)4)18-8-5-7-16-17-9-6-10-23-21(17)25-20(16)18/h5-11,13H,12H2,1-4H3/i1D3,12D2. The number of aryl methyl sites for hydroxylation is 1. The van der Waals surface area contributed by atoms with Crippen LogP contribution < -0.4 is 0 Å². The summed E-state index contributed by atoms with van der Waals surface area (Å²) in [5.41, 5.74) is 1.42. The van der Waals surface area contributed by atoms with E-state index in [2.05, 4.69) is 9.97 Å². The number of para-hydroxylation sites is 1. The van der Waals surface area contributed by atoms with Crippen LogP contribution in [-0.2, 0) is 6.37 Å². The number of aromatic nitrogens is 2. The Balaban J connectivity index is 2.00. The van der Waals surface area contributed by atoms with Gasteiger partial charge in [0, 0.05) is 35.6 Å². The quantitative estimate of drug-likeness (QED) is 0.455. The minimum atomic E-state index is -2.48. The molecule has 3 heterocycles. The van der Waals surface area contributed by atoms with E-state index in [1.165, 1.54) is 6.20 Å². The molecule has 1 aromatic carbocycles. The Morgan fingerprint density at radius 1 is 1.12 bits per heavy atom. The van der Waals surface area contributed by atoms with Crippen LogP contribution in [0.25, 0.3) is 33.3 Å². The Kier molecular flexibility index (Phi) is 2.51. The fourth-order valence-electron chi connectivity index (χ4n) is 2.94. The van der Waals surface area contributed by atoms with Crippen LogP contribution in [0.3, 0.4) is 0 Å². The van der Waals surface area contributed by atoms with Gasteiger partial charge in [-0.2, -0.15) is 0 Å². The van der Waals surface area contributed by atoms with Gasteiger partial charge in [0.15, 0.2) is 0 Å². The number of benzene rings is 1. The van der Waals surface area contributed by atoms with Crippen molar-refractivity contribution < 1.29 is 11.3 Å². The van der Waals surface area contributed by atoms with Gasteiger partial charge in [-0.1, -0.05) is 32.9 Å². The molecule has 3 aromatic heterocycles. The van der Waals surface area contributed by atoms with Crippen molar-refractivity contribution in [3.63, 3.8) is 0 Å². The summed E-state index contributed by atoms with van der Waals surface area (Å²) in [4.78, 5) is 8.65. The Labute approximate surface area is 154 Å². The molecular formula is C22H22N2O. The Bertz CT molecular complexity index is 1250. The zero-order valence-corrected chi connectivity index (χ0v) is 14.4. The van der Waals surface area contributed by atoms with Crippen LogP contribution in [-0.4, -0.2) is 9.97 Å². The minimum Gasteiger partial charge on any atom is -0.437 e. The fourth-order valence-corrected chi connectivity index (χ4v) is 2.94. The van der Waals surface area contributed by atoms with Crippen molar-refractivity contribution in [3.05, 3.63) is 59.9 Å². The Morgan fingerprint density at radius 3 is 2.76 bits per heavy atom. The van der Waals surface area contributed by atoms with E-state index in [0.717, 1.165) is 10.8 Å². The predicted octanol–water partition coefficient (Wildman–Crippen LogP) is 5.94. The number of nitrogens with zero attached hydrogens (tertiary/aromatic N) is 2. The third kappa shape index (κ3) is 2.91. The fraction of sp³-hybridized carbons (Fsp3) is 0.273. The zero-order valence-electron chi connectivity index (χ0n) is 19.4. The molecule has 0 aliphatic carbocycles. The van der Waals surface area contributed by atoms with E-state index < -0.39 is 18.6 Å². The van der Waals surface area contributed by atoms with Gasteiger partial charge < -0.3 is 4.42 Å². The molecule has 0 radical (unpaired) electrons. The highest BCUT2D eigenvalue weighted by molar-refractivity contribution is 6.08. The molecule has 3 heteroatoms. The molecule has 0 amide bonds. The van der Waals surface area contributed by atoms with E-state index >= 15 is 0 Å². The largest absolute Gasteiger partial charge is 0.437 e. The van der Waals surface area contributed by atoms with Gasteiger partial charge in [-0.3, -0.25) is 4.98 Å². The first-order chi connectivity index (χ1) is 13.9. The lowest BCUT2D eigenvalue weighted by Gasteiger charge is -2.20. The molecule has 0 bridgehead atoms. The first kappa shape index (κ1) is 11.0. The maximum atomic E-state index is 8.70. The topological polar surface area (TPSA) is 38.9 Å². The molecule has 0 fully saturated rings. The summed E-state index contributed by atoms with van der Waals surface area (Å²) in [6.07, 6.45) is 1.03. The summed E-state index contributed by atoms with van der Waals surface area (Å²) in [7, 11) is 0. The number of furan rings is 1. The molecule has 4 aromatic rings. The van der Waals surface area contributed by atoms with Crippen LogP contribution in [0.1, 0.15) is 38.8 Å². The molecule has 126 valence electrons. The van der Waals surface area contributed by atoms with Crippen LogP contribution in [0, 0.1) is 12.3 Å². The van der Waals surface area contributed by atoms with Crippen molar-refractivity contribution in [2.75, 3.05) is 0 Å². The molecule has 0 aliphatic rings. The monoisotopic (exact) mass is 335 g/mol. The summed E-state index contributed by atoms with van der Waals surface area (Å²) in [6.45, 7) is 2.78. The lowest BCUT2D eigenvalue weighted by molar-refractivity contribution is 0.410. The molecule has 0 spiro atoms. The third-order valence-corrected chi connectivity index (χ3v) is 3.96. The summed E-state index contributed by atoms with van der Waals surface area (Å²) >= 11 is 0. The number of pyridine rings is 2. The number of hydrogen-bond acceptors (Lipinski definition) is 3. The molecule has 0 unspecified atom stereocenters. The van der Waals surface area contributed by atoms with E-state index in [0.29, 0.717) is 22.6 Å². The minimum absolute atomic E-state index is 0.0791. The summed E-state index contributed by atoms with van der Waals surface area (Å²) in [5, 5.41) is 1.75. The van der Waals surface area contributed by atoms with Gasteiger partial charge in [-0.25, -0.2) is 4.98 Å². The van der Waals surface area contributed by atoms with E-state index in [1.54, 1.807) is 33.0 Å². The highest BCUT2D eigenvalue weighted by Gasteiger charge is 2.17. The second-order valence-electron chi connectivity index (χ2n) is 7.13. The molecule has 0 N–H and O–H groups in total. The van der Waals surface area contributed by atoms with Crippen molar-refractivity contribution in [3.8, 4) is 11.3 Å². The van der Waals surface area contributed by atoms with Crippen LogP contribution in [0.4, 0.5) is 0 Å². The first-order valence-electron chi connectivity index (χ1n) is 10.7. The van der Waals surface area contributed by atoms with Crippen molar-refractivity contribution in [1.29, 1.82) is 0 Å². The smallest absolute Gasteiger partial charge is 0.227 e. The van der Waals surface area contributed by atoms with Crippen LogP contribution >= 0.6 is 0 Å². The van der Waals surface area contributed by atoms with Crippen LogP contribution in [0.2, 0.25) is 0 Å². The van der Waals surface area contributed by atoms with Crippen molar-refractivity contribution >= 4 is 22.1 Å². The summed E-state index contributed by atoms with van der Waals surface area (Å²) in [5.74, 6) is 0. The van der Waals surface area contributed by atoms with E-state index in [-0.39, 0.29) is 11.1 Å². The summed E-state index contributed by atoms with van der Waals surface area (Å²) < 4.78 is 47.0. The molecule has 0 saturated carbocycles. The molecular weight excluding hydrogens is 308 g/mol. The highest BCUT2D eigenvalue weighted by atomic mass is 16.3. The Morgan fingerprint density at radius 2 is 1.96 bits per heavy atom. The molecule has 0 aliphatic heterocycles. The van der Waals surface area contributed by atoms with Gasteiger partial charge in [-0.15, -0.1) is 0 Å². The van der Waals surface area contributed by atoms with Crippen molar-refractivity contribution in [1.82, 2.24) is 9.97 Å². The van der Waals surface area contributed by atoms with Gasteiger partial charge in [-0.05, 0) is 54.0 Å². The van der Waals surface area contributed by atoms with E-state index in [1.807, 2.05) is 30.3 Å².